The summed E-state index contributed by atoms with van der Waals surface area (Å²) in [6.45, 7) is 1.04. The predicted octanol–water partition coefficient (Wildman–Crippen LogP) is 6.32. The number of carbonyl (C=O) groups is 1. The largest absolute Gasteiger partial charge is 0.478 e. The Morgan fingerprint density at radius 1 is 1.10 bits per heavy atom. The van der Waals surface area contributed by atoms with Crippen molar-refractivity contribution in [2.75, 3.05) is 11.3 Å². The summed E-state index contributed by atoms with van der Waals surface area (Å²) in [4.78, 5) is 13.7. The van der Waals surface area contributed by atoms with E-state index in [9.17, 15) is 9.90 Å². The number of carboxylic acid groups (broad SMARTS) is 1. The Kier molecular flexibility index (Phi) is 5.98. The van der Waals surface area contributed by atoms with Gasteiger partial charge < -0.3 is 15.1 Å². The molecule has 1 aliphatic heterocycles. The molecule has 1 saturated carbocycles. The molecule has 1 aliphatic carbocycles. The molecule has 1 aromatic heterocycles. The minimum absolute atomic E-state index is 0.334. The van der Waals surface area contributed by atoms with Gasteiger partial charge in [0.2, 0.25) is 0 Å². The fourth-order valence-corrected chi connectivity index (χ4v) is 5.71. The van der Waals surface area contributed by atoms with Crippen LogP contribution in [0.4, 0.5) is 5.69 Å². The summed E-state index contributed by atoms with van der Waals surface area (Å²) in [5.41, 5.74) is 5.08. The Bertz CT molecular complexity index is 1070. The van der Waals surface area contributed by atoms with E-state index in [4.69, 9.17) is 0 Å². The molecular formula is C24H25N3O2S2. The number of nitrogens with zero attached hydrogens (tertiary/aromatic N) is 1. The first-order valence-corrected chi connectivity index (χ1v) is 12.4. The Labute approximate surface area is 190 Å². The molecule has 1 saturated heterocycles. The molecule has 3 aromatic rings. The van der Waals surface area contributed by atoms with Crippen molar-refractivity contribution in [2.45, 2.75) is 49.0 Å². The predicted molar refractivity (Wildman–Crippen MR) is 127 cm³/mol. The van der Waals surface area contributed by atoms with Crippen molar-refractivity contribution in [2.24, 2.45) is 0 Å². The van der Waals surface area contributed by atoms with Crippen LogP contribution in [0.5, 0.6) is 0 Å². The number of nitrogens with one attached hydrogen (secondary N) is 2. The number of benzene rings is 2. The fourth-order valence-electron chi connectivity index (χ4n) is 4.18. The average molecular weight is 452 g/mol. The lowest BCUT2D eigenvalue weighted by Gasteiger charge is -2.26. The topological polar surface area (TPSA) is 74.2 Å². The van der Waals surface area contributed by atoms with Crippen LogP contribution < -0.4 is 10.0 Å². The van der Waals surface area contributed by atoms with Crippen molar-refractivity contribution < 1.29 is 9.90 Å². The summed E-state index contributed by atoms with van der Waals surface area (Å²) in [5, 5.41) is 13.1. The molecule has 2 aromatic carbocycles. The van der Waals surface area contributed by atoms with Crippen LogP contribution in [0.1, 0.15) is 65.5 Å². The maximum Gasteiger partial charge on any atom is 0.335 e. The zero-order valence-corrected chi connectivity index (χ0v) is 18.8. The zero-order valence-electron chi connectivity index (χ0n) is 17.1. The van der Waals surface area contributed by atoms with Gasteiger partial charge in [-0.2, -0.15) is 0 Å². The molecule has 160 valence electrons. The van der Waals surface area contributed by atoms with Crippen LogP contribution >= 0.6 is 23.5 Å². The second-order valence-corrected chi connectivity index (χ2v) is 9.90. The van der Waals surface area contributed by atoms with Gasteiger partial charge in [0.25, 0.3) is 0 Å². The smallest absolute Gasteiger partial charge is 0.335 e. The summed E-state index contributed by atoms with van der Waals surface area (Å²) < 4.78 is 7.83. The SMILES string of the molecule is O=C(O)c1ccc(C2CC2)c(SNc2cc(-c3ccns3)ccc2C2CCCCN2)c1. The average Bonchev–Trinajstić information content (AvgIpc) is 3.50. The number of aromatic nitrogens is 1. The second-order valence-electron chi connectivity index (χ2n) is 8.22. The van der Waals surface area contributed by atoms with Gasteiger partial charge in [0.05, 0.1) is 10.4 Å². The normalized spacial score (nSPS) is 18.6. The fraction of sp³-hybridized carbons (Fsp3) is 0.333. The molecule has 5 nitrogen and oxygen atoms in total. The van der Waals surface area contributed by atoms with E-state index in [0.29, 0.717) is 17.5 Å². The maximum absolute atomic E-state index is 11.5. The van der Waals surface area contributed by atoms with Gasteiger partial charge in [-0.25, -0.2) is 9.17 Å². The van der Waals surface area contributed by atoms with Gasteiger partial charge in [-0.15, -0.1) is 0 Å². The number of anilines is 1. The third-order valence-corrected chi connectivity index (χ3v) is 7.70. The molecule has 0 amide bonds. The highest BCUT2D eigenvalue weighted by Gasteiger charge is 2.27. The minimum atomic E-state index is -0.886. The summed E-state index contributed by atoms with van der Waals surface area (Å²) in [6, 6.07) is 14.5. The monoisotopic (exact) mass is 451 g/mol. The zero-order chi connectivity index (χ0) is 21.2. The lowest BCUT2D eigenvalue weighted by atomic mass is 9.95. The third-order valence-electron chi connectivity index (χ3n) is 6.01. The number of hydrogen-bond acceptors (Lipinski definition) is 6. The van der Waals surface area contributed by atoms with Crippen LogP contribution in [0.25, 0.3) is 10.4 Å². The van der Waals surface area contributed by atoms with E-state index in [-0.39, 0.29) is 0 Å². The number of hydrogen-bond donors (Lipinski definition) is 3. The van der Waals surface area contributed by atoms with E-state index in [1.807, 2.05) is 18.3 Å². The molecule has 0 spiro atoms. The minimum Gasteiger partial charge on any atom is -0.478 e. The summed E-state index contributed by atoms with van der Waals surface area (Å²) in [6.07, 6.45) is 7.77. The van der Waals surface area contributed by atoms with Crippen LogP contribution in [0.3, 0.4) is 0 Å². The maximum atomic E-state index is 11.5. The van der Waals surface area contributed by atoms with Gasteiger partial charge in [-0.05, 0) is 103 Å². The van der Waals surface area contributed by atoms with E-state index < -0.39 is 5.97 Å². The van der Waals surface area contributed by atoms with Crippen molar-refractivity contribution in [3.63, 3.8) is 0 Å². The van der Waals surface area contributed by atoms with Gasteiger partial charge in [0.15, 0.2) is 0 Å². The number of piperidine rings is 1. The first kappa shape index (κ1) is 20.5. The second kappa shape index (κ2) is 9.02. The van der Waals surface area contributed by atoms with Gasteiger partial charge >= 0.3 is 5.97 Å². The Morgan fingerprint density at radius 3 is 2.68 bits per heavy atom. The lowest BCUT2D eigenvalue weighted by Crippen LogP contribution is -2.27. The first-order chi connectivity index (χ1) is 15.2. The molecule has 1 atom stereocenters. The van der Waals surface area contributed by atoms with E-state index in [1.54, 1.807) is 12.1 Å². The van der Waals surface area contributed by atoms with Gasteiger partial charge in [-0.3, -0.25) is 0 Å². The van der Waals surface area contributed by atoms with E-state index >= 15 is 0 Å². The molecular weight excluding hydrogens is 426 g/mol. The van der Waals surface area contributed by atoms with Crippen molar-refractivity contribution >= 4 is 35.1 Å². The van der Waals surface area contributed by atoms with E-state index in [2.05, 4.69) is 32.6 Å². The number of carboxylic acids is 1. The van der Waals surface area contributed by atoms with Crippen molar-refractivity contribution in [1.29, 1.82) is 0 Å². The van der Waals surface area contributed by atoms with Crippen LogP contribution in [0.2, 0.25) is 0 Å². The molecule has 5 rings (SSSR count). The molecule has 2 fully saturated rings. The van der Waals surface area contributed by atoms with Gasteiger partial charge in [0, 0.05) is 22.8 Å². The third kappa shape index (κ3) is 4.63. The van der Waals surface area contributed by atoms with E-state index in [1.165, 1.54) is 60.3 Å². The Morgan fingerprint density at radius 2 is 1.97 bits per heavy atom. The summed E-state index contributed by atoms with van der Waals surface area (Å²) in [5.74, 6) is -0.335. The van der Waals surface area contributed by atoms with Crippen LogP contribution in [0.15, 0.2) is 53.6 Å². The first-order valence-electron chi connectivity index (χ1n) is 10.8. The highest BCUT2D eigenvalue weighted by molar-refractivity contribution is 8.00. The molecule has 3 N–H and O–H groups in total. The Balaban J connectivity index is 1.46. The number of aromatic carboxylic acids is 1. The molecule has 2 heterocycles. The Hall–Kier alpha value is -2.35. The molecule has 0 radical (unpaired) electrons. The van der Waals surface area contributed by atoms with Crippen molar-refractivity contribution in [1.82, 2.24) is 9.69 Å². The van der Waals surface area contributed by atoms with Gasteiger partial charge in [0.1, 0.15) is 0 Å². The molecule has 1 unspecified atom stereocenters. The molecule has 0 bridgehead atoms. The van der Waals surface area contributed by atoms with Crippen LogP contribution in [-0.4, -0.2) is 22.0 Å². The lowest BCUT2D eigenvalue weighted by molar-refractivity contribution is 0.0696. The molecule has 2 aliphatic rings. The van der Waals surface area contributed by atoms with Crippen molar-refractivity contribution in [3.8, 4) is 10.4 Å². The standard InChI is InChI=1S/C24H25N3O2S2/c28-24(29)17-7-8-18(15-4-5-15)23(14-17)31-27-21-13-16(22-10-12-26-30-22)6-9-19(21)20-3-1-2-11-25-20/h6-10,12-15,20,25,27H,1-5,11H2,(H,28,29). The highest BCUT2D eigenvalue weighted by atomic mass is 32.2. The summed E-state index contributed by atoms with van der Waals surface area (Å²) in [7, 11) is 0. The van der Waals surface area contributed by atoms with Crippen molar-refractivity contribution in [3.05, 3.63) is 65.4 Å². The molecule has 7 heteroatoms. The molecule has 31 heavy (non-hydrogen) atoms. The van der Waals surface area contributed by atoms with Crippen LogP contribution in [0, 0.1) is 0 Å². The number of rotatable bonds is 7. The van der Waals surface area contributed by atoms with Gasteiger partial charge in [-0.1, -0.05) is 24.6 Å². The quantitative estimate of drug-likeness (QED) is 0.365. The summed E-state index contributed by atoms with van der Waals surface area (Å²) >= 11 is 3.03. The highest BCUT2D eigenvalue weighted by Crippen LogP contribution is 2.45. The van der Waals surface area contributed by atoms with E-state index in [0.717, 1.165) is 34.0 Å². The van der Waals surface area contributed by atoms with Crippen LogP contribution in [-0.2, 0) is 0 Å².